The van der Waals surface area contributed by atoms with E-state index in [1.165, 1.54) is 0 Å². The normalized spacial score (nSPS) is 16.4. The molecule has 0 atom stereocenters. The maximum Gasteiger partial charge on any atom is 0.264 e. The van der Waals surface area contributed by atoms with E-state index in [1.807, 2.05) is 18.2 Å². The summed E-state index contributed by atoms with van der Waals surface area (Å²) in [6.45, 7) is 1.87. The Morgan fingerprint density at radius 2 is 1.96 bits per heavy atom. The highest BCUT2D eigenvalue weighted by molar-refractivity contribution is 6.30. The number of nitrogens with one attached hydrogen (secondary N) is 2. The molecule has 3 rings (SSSR count). The molecular weight excluding hydrogens is 326 g/mol. The maximum absolute atomic E-state index is 12.8. The highest BCUT2D eigenvalue weighted by Crippen LogP contribution is 2.28. The Bertz CT molecular complexity index is 670. The van der Waals surface area contributed by atoms with Crippen molar-refractivity contribution in [3.8, 4) is 5.75 Å². The zero-order valence-electron chi connectivity index (χ0n) is 13.3. The van der Waals surface area contributed by atoms with Gasteiger partial charge >= 0.3 is 0 Å². The second-order valence-electron chi connectivity index (χ2n) is 5.80. The molecule has 24 heavy (non-hydrogen) atoms. The van der Waals surface area contributed by atoms with Crippen LogP contribution in [0.15, 0.2) is 48.7 Å². The molecule has 1 aromatic carbocycles. The van der Waals surface area contributed by atoms with Crippen molar-refractivity contribution < 1.29 is 9.53 Å². The quantitative estimate of drug-likeness (QED) is 0.874. The summed E-state index contributed by atoms with van der Waals surface area (Å²) in [5.41, 5.74) is -0.0464. The van der Waals surface area contributed by atoms with Gasteiger partial charge in [0.15, 0.2) is 5.60 Å². The number of benzene rings is 1. The summed E-state index contributed by atoms with van der Waals surface area (Å²) in [5.74, 6) is 0.541. The number of pyridine rings is 1. The van der Waals surface area contributed by atoms with Gasteiger partial charge in [-0.3, -0.25) is 9.78 Å². The first-order chi connectivity index (χ1) is 11.7. The van der Waals surface area contributed by atoms with Gasteiger partial charge in [-0.2, -0.15) is 0 Å². The molecule has 2 aromatic rings. The van der Waals surface area contributed by atoms with Gasteiger partial charge in [-0.1, -0.05) is 17.7 Å². The summed E-state index contributed by atoms with van der Waals surface area (Å²) in [5, 5.41) is 6.87. The van der Waals surface area contributed by atoms with Crippen LogP contribution in [0.3, 0.4) is 0 Å². The van der Waals surface area contributed by atoms with Crippen molar-refractivity contribution >= 4 is 17.5 Å². The molecule has 0 radical (unpaired) electrons. The van der Waals surface area contributed by atoms with Crippen molar-refractivity contribution in [2.24, 2.45) is 0 Å². The summed E-state index contributed by atoms with van der Waals surface area (Å²) < 4.78 is 6.12. The average molecular weight is 346 g/mol. The lowest BCUT2D eigenvalue weighted by Crippen LogP contribution is -2.56. The Morgan fingerprint density at radius 3 is 2.62 bits per heavy atom. The first kappa shape index (κ1) is 16.7. The number of halogens is 1. The number of ether oxygens (including phenoxy) is 1. The van der Waals surface area contributed by atoms with E-state index >= 15 is 0 Å². The Balaban J connectivity index is 1.72. The second-order valence-corrected chi connectivity index (χ2v) is 6.24. The lowest BCUT2D eigenvalue weighted by molar-refractivity contribution is -0.139. The van der Waals surface area contributed by atoms with Gasteiger partial charge in [0, 0.05) is 24.1 Å². The van der Waals surface area contributed by atoms with Gasteiger partial charge in [-0.25, -0.2) is 0 Å². The average Bonchev–Trinajstić information content (AvgIpc) is 2.63. The zero-order valence-corrected chi connectivity index (χ0v) is 14.1. The molecule has 1 saturated heterocycles. The van der Waals surface area contributed by atoms with Gasteiger partial charge in [-0.05, 0) is 49.5 Å². The van der Waals surface area contributed by atoms with E-state index in [0.29, 0.717) is 30.2 Å². The zero-order chi connectivity index (χ0) is 16.8. The van der Waals surface area contributed by atoms with E-state index in [0.717, 1.165) is 18.8 Å². The van der Waals surface area contributed by atoms with Gasteiger partial charge in [0.05, 0.1) is 12.2 Å². The summed E-state index contributed by atoms with van der Waals surface area (Å²) in [6, 6.07) is 12.7. The number of amides is 1. The minimum atomic E-state index is -0.867. The minimum absolute atomic E-state index is 0.107. The summed E-state index contributed by atoms with van der Waals surface area (Å²) in [7, 11) is 0. The molecule has 0 unspecified atom stereocenters. The Hall–Kier alpha value is -2.11. The lowest BCUT2D eigenvalue weighted by atomic mass is 9.90. The first-order valence-corrected chi connectivity index (χ1v) is 8.39. The predicted octanol–water partition coefficient (Wildman–Crippen LogP) is 2.55. The number of rotatable bonds is 5. The topological polar surface area (TPSA) is 63.2 Å². The highest BCUT2D eigenvalue weighted by Gasteiger charge is 2.42. The Kier molecular flexibility index (Phi) is 5.33. The molecule has 2 N–H and O–H groups in total. The Morgan fingerprint density at radius 1 is 1.21 bits per heavy atom. The van der Waals surface area contributed by atoms with Crippen LogP contribution in [0, 0.1) is 0 Å². The number of nitrogens with zero attached hydrogens (tertiary/aromatic N) is 1. The molecule has 0 aliphatic carbocycles. The molecule has 0 spiro atoms. The number of piperidine rings is 1. The fourth-order valence-corrected chi connectivity index (χ4v) is 2.89. The van der Waals surface area contributed by atoms with Crippen molar-refractivity contribution in [2.75, 3.05) is 13.1 Å². The molecule has 1 aromatic heterocycles. The standard InChI is InChI=1S/C18H20ClN3O2/c19-14-4-6-16(7-5-14)24-18(8-11-20-12-9-18)17(23)22-13-15-3-1-2-10-21-15/h1-7,10,20H,8-9,11-13H2,(H,22,23). The summed E-state index contributed by atoms with van der Waals surface area (Å²) in [6.07, 6.45) is 2.94. The third-order valence-corrected chi connectivity index (χ3v) is 4.36. The molecular formula is C18H20ClN3O2. The van der Waals surface area contributed by atoms with Crippen LogP contribution in [-0.4, -0.2) is 29.6 Å². The molecule has 1 fully saturated rings. The number of hydrogen-bond donors (Lipinski definition) is 2. The summed E-state index contributed by atoms with van der Waals surface area (Å²) in [4.78, 5) is 17.1. The monoisotopic (exact) mass is 345 g/mol. The van der Waals surface area contributed by atoms with E-state index in [4.69, 9.17) is 16.3 Å². The van der Waals surface area contributed by atoms with Crippen LogP contribution >= 0.6 is 11.6 Å². The van der Waals surface area contributed by atoms with Crippen molar-refractivity contribution in [2.45, 2.75) is 25.0 Å². The molecule has 5 nitrogen and oxygen atoms in total. The first-order valence-electron chi connectivity index (χ1n) is 8.01. The Labute approximate surface area is 146 Å². The van der Waals surface area contributed by atoms with Crippen molar-refractivity contribution in [1.29, 1.82) is 0 Å². The third-order valence-electron chi connectivity index (χ3n) is 4.11. The van der Waals surface area contributed by atoms with Crippen LogP contribution in [-0.2, 0) is 11.3 Å². The second kappa shape index (κ2) is 7.64. The molecule has 6 heteroatoms. The molecule has 0 saturated carbocycles. The molecule has 1 amide bonds. The van der Waals surface area contributed by atoms with Crippen molar-refractivity contribution in [1.82, 2.24) is 15.6 Å². The molecule has 0 bridgehead atoms. The van der Waals surface area contributed by atoms with E-state index in [-0.39, 0.29) is 5.91 Å². The van der Waals surface area contributed by atoms with Crippen LogP contribution in [0.2, 0.25) is 5.02 Å². The van der Waals surface area contributed by atoms with E-state index in [1.54, 1.807) is 30.5 Å². The fraction of sp³-hybridized carbons (Fsp3) is 0.333. The fourth-order valence-electron chi connectivity index (χ4n) is 2.77. The SMILES string of the molecule is O=C(NCc1ccccn1)C1(Oc2ccc(Cl)cc2)CCNCC1. The van der Waals surface area contributed by atoms with Gasteiger partial charge in [0.25, 0.3) is 5.91 Å². The molecule has 126 valence electrons. The van der Waals surface area contributed by atoms with Crippen LogP contribution < -0.4 is 15.4 Å². The number of hydrogen-bond acceptors (Lipinski definition) is 4. The smallest absolute Gasteiger partial charge is 0.264 e. The van der Waals surface area contributed by atoms with Gasteiger partial charge in [0.1, 0.15) is 5.75 Å². The third kappa shape index (κ3) is 4.04. The maximum atomic E-state index is 12.8. The van der Waals surface area contributed by atoms with E-state index in [9.17, 15) is 4.79 Å². The van der Waals surface area contributed by atoms with Gasteiger partial charge < -0.3 is 15.4 Å². The van der Waals surface area contributed by atoms with Crippen LogP contribution in [0.25, 0.3) is 0 Å². The van der Waals surface area contributed by atoms with Crippen LogP contribution in [0.5, 0.6) is 5.75 Å². The van der Waals surface area contributed by atoms with E-state index in [2.05, 4.69) is 15.6 Å². The van der Waals surface area contributed by atoms with Crippen LogP contribution in [0.1, 0.15) is 18.5 Å². The largest absolute Gasteiger partial charge is 0.477 e. The number of carbonyl (C=O) groups excluding carboxylic acids is 1. The lowest BCUT2D eigenvalue weighted by Gasteiger charge is -2.36. The van der Waals surface area contributed by atoms with E-state index < -0.39 is 5.60 Å². The summed E-state index contributed by atoms with van der Waals surface area (Å²) >= 11 is 5.92. The van der Waals surface area contributed by atoms with Crippen molar-refractivity contribution in [3.63, 3.8) is 0 Å². The van der Waals surface area contributed by atoms with Crippen molar-refractivity contribution in [3.05, 3.63) is 59.4 Å². The molecule has 1 aliphatic heterocycles. The number of aromatic nitrogens is 1. The number of carbonyl (C=O) groups is 1. The minimum Gasteiger partial charge on any atom is -0.477 e. The van der Waals surface area contributed by atoms with Crippen LogP contribution in [0.4, 0.5) is 0 Å². The predicted molar refractivity (Wildman–Crippen MR) is 93.0 cm³/mol. The van der Waals surface area contributed by atoms with Gasteiger partial charge in [-0.15, -0.1) is 0 Å². The highest BCUT2D eigenvalue weighted by atomic mass is 35.5. The molecule has 1 aliphatic rings. The molecule has 2 heterocycles. The van der Waals surface area contributed by atoms with Gasteiger partial charge in [0.2, 0.25) is 0 Å².